The molecule has 0 saturated heterocycles. The maximum atomic E-state index is 13.4. The molecule has 2 fully saturated rings. The van der Waals surface area contributed by atoms with Crippen molar-refractivity contribution < 1.29 is 18.5 Å². The molecule has 48 heavy (non-hydrogen) atoms. The van der Waals surface area contributed by atoms with Crippen molar-refractivity contribution in [1.29, 1.82) is 5.26 Å². The average Bonchev–Trinajstić information content (AvgIpc) is 3.97. The quantitative estimate of drug-likeness (QED) is 0.131. The van der Waals surface area contributed by atoms with Crippen LogP contribution >= 0.6 is 11.6 Å². The Balaban J connectivity index is 1.27. The van der Waals surface area contributed by atoms with Crippen LogP contribution in [-0.4, -0.2) is 48.0 Å². The minimum atomic E-state index is -0.341. The molecule has 10 nitrogen and oxygen atoms in total. The van der Waals surface area contributed by atoms with E-state index in [9.17, 15) is 9.00 Å². The monoisotopic (exact) mass is 687 g/mol. The fourth-order valence-corrected chi connectivity index (χ4v) is 7.49. The van der Waals surface area contributed by atoms with E-state index in [0.29, 0.717) is 59.7 Å². The minimum Gasteiger partial charge on any atom is -0.491 e. The van der Waals surface area contributed by atoms with Crippen LogP contribution in [0.1, 0.15) is 59.8 Å². The summed E-state index contributed by atoms with van der Waals surface area (Å²) in [5, 5.41) is 9.71. The number of aryl methyl sites for hydroxylation is 1. The van der Waals surface area contributed by atoms with Crippen LogP contribution < -0.4 is 20.5 Å². The van der Waals surface area contributed by atoms with Crippen LogP contribution in [0.5, 0.6) is 5.75 Å². The fourth-order valence-electron chi connectivity index (χ4n) is 6.92. The van der Waals surface area contributed by atoms with E-state index in [1.165, 1.54) is 23.5 Å². The molecule has 12 heteroatoms. The Morgan fingerprint density at radius 3 is 2.88 bits per heavy atom. The first-order valence-electron chi connectivity index (χ1n) is 16.4. The second-order valence-electron chi connectivity index (χ2n) is 13.1. The van der Waals surface area contributed by atoms with Gasteiger partial charge in [-0.2, -0.15) is 5.26 Å². The summed E-state index contributed by atoms with van der Waals surface area (Å²) in [4.78, 5) is 23.9. The van der Waals surface area contributed by atoms with E-state index in [0.717, 1.165) is 55.1 Å². The third-order valence-electron chi connectivity index (χ3n) is 9.75. The third kappa shape index (κ3) is 7.62. The number of allylic oxidation sites excluding steroid dienone is 1. The molecule has 1 aliphatic heterocycles. The van der Waals surface area contributed by atoms with E-state index >= 15 is 0 Å². The molecule has 6 rings (SSSR count). The number of anilines is 2. The maximum absolute atomic E-state index is 13.4. The third-order valence-corrected chi connectivity index (χ3v) is 10.7. The second-order valence-corrected chi connectivity index (χ2v) is 14.1. The van der Waals surface area contributed by atoms with Crippen molar-refractivity contribution in [2.75, 3.05) is 36.3 Å². The number of aromatic nitrogens is 2. The van der Waals surface area contributed by atoms with Crippen molar-refractivity contribution in [2.24, 2.45) is 23.2 Å². The number of benzene rings is 2. The van der Waals surface area contributed by atoms with Gasteiger partial charge in [0.2, 0.25) is 5.75 Å². The molecular formula is C36H40ClN6O4S+. The maximum Gasteiger partial charge on any atom is 0.458 e. The highest BCUT2D eigenvalue weighted by Gasteiger charge is 2.80. The highest BCUT2D eigenvalue weighted by Crippen LogP contribution is 2.81. The highest BCUT2D eigenvalue weighted by atomic mass is 35.5. The van der Waals surface area contributed by atoms with Crippen LogP contribution in [0.3, 0.4) is 0 Å². The first kappa shape index (κ1) is 33.8. The Morgan fingerprint density at radius 2 is 2.12 bits per heavy atom. The smallest absolute Gasteiger partial charge is 0.458 e. The van der Waals surface area contributed by atoms with Crippen LogP contribution in [0.15, 0.2) is 60.9 Å². The first-order chi connectivity index (χ1) is 23.3. The number of ether oxygens (including phenoxy) is 2. The molecule has 3 aliphatic rings. The number of nitriles is 1. The molecule has 2 N–H and O–H groups in total. The van der Waals surface area contributed by atoms with Crippen LogP contribution in [0, 0.1) is 34.5 Å². The van der Waals surface area contributed by atoms with Gasteiger partial charge in [-0.25, -0.2) is 9.97 Å². The molecule has 0 spiro atoms. The van der Waals surface area contributed by atoms with Crippen molar-refractivity contribution in [3.05, 3.63) is 88.4 Å². The number of fused-ring (bicyclic) bond motifs is 3. The molecule has 2 heterocycles. The predicted octanol–water partition coefficient (Wildman–Crippen LogP) is 6.14. The lowest BCUT2D eigenvalue weighted by molar-refractivity contribution is 0.0962. The Morgan fingerprint density at radius 1 is 1.25 bits per heavy atom. The van der Waals surface area contributed by atoms with E-state index < -0.39 is 0 Å². The molecule has 1 amide bonds. The van der Waals surface area contributed by atoms with Gasteiger partial charge in [0.25, 0.3) is 5.91 Å². The summed E-state index contributed by atoms with van der Waals surface area (Å²) in [6, 6.07) is 13.6. The zero-order valence-corrected chi connectivity index (χ0v) is 28.7. The molecule has 3 aromatic rings. The SMILES string of the molecule is CO[C@@H](/C=C/C[C@H](C)C[S+]=O)[C@@H]1C2CC21CN1Cc2ccc(Cl)cc2CCCCOc2ccc(C(=O)NNc3cnc(C#N)cn3)cc21. The summed E-state index contributed by atoms with van der Waals surface area (Å²) in [5.41, 5.74) is 9.55. The number of halogens is 1. The van der Waals surface area contributed by atoms with Crippen molar-refractivity contribution in [2.45, 2.75) is 51.7 Å². The van der Waals surface area contributed by atoms with E-state index in [1.807, 2.05) is 24.3 Å². The van der Waals surface area contributed by atoms with Crippen LogP contribution in [0.25, 0.3) is 0 Å². The second kappa shape index (κ2) is 15.0. The molecule has 5 atom stereocenters. The van der Waals surface area contributed by atoms with Gasteiger partial charge in [-0.15, -0.1) is 0 Å². The van der Waals surface area contributed by atoms with E-state index in [-0.39, 0.29) is 23.1 Å². The summed E-state index contributed by atoms with van der Waals surface area (Å²) in [6.45, 7) is 4.10. The Bertz CT molecular complexity index is 1720. The molecule has 1 aromatic heterocycles. The number of carbonyl (C=O) groups excluding carboxylic acids is 1. The average molecular weight is 688 g/mol. The molecule has 0 bridgehead atoms. The molecule has 2 aromatic carbocycles. The molecule has 0 radical (unpaired) electrons. The van der Waals surface area contributed by atoms with Crippen LogP contribution in [0.4, 0.5) is 11.5 Å². The van der Waals surface area contributed by atoms with Crippen molar-refractivity contribution in [3.8, 4) is 11.8 Å². The fraction of sp³-hybridized carbons (Fsp3) is 0.444. The van der Waals surface area contributed by atoms with Gasteiger partial charge in [0.15, 0.2) is 11.5 Å². The number of amides is 1. The Labute approximate surface area is 290 Å². The number of hydrogen-bond donors (Lipinski definition) is 2. The van der Waals surface area contributed by atoms with Gasteiger partial charge < -0.3 is 14.4 Å². The summed E-state index contributed by atoms with van der Waals surface area (Å²) >= 11 is 7.10. The zero-order valence-electron chi connectivity index (χ0n) is 27.2. The lowest BCUT2D eigenvalue weighted by Crippen LogP contribution is -2.33. The number of hydrazine groups is 1. The van der Waals surface area contributed by atoms with E-state index in [2.05, 4.69) is 56.9 Å². The minimum absolute atomic E-state index is 0.00936. The van der Waals surface area contributed by atoms with Gasteiger partial charge >= 0.3 is 11.7 Å². The summed E-state index contributed by atoms with van der Waals surface area (Å²) in [7, 11) is 1.77. The summed E-state index contributed by atoms with van der Waals surface area (Å²) in [6.07, 6.45) is 11.9. The summed E-state index contributed by atoms with van der Waals surface area (Å²) < 4.78 is 23.3. The number of nitrogens with zero attached hydrogens (tertiary/aromatic N) is 4. The molecule has 250 valence electrons. The number of nitrogens with one attached hydrogen (secondary N) is 2. The topological polar surface area (TPSA) is 129 Å². The van der Waals surface area contributed by atoms with Gasteiger partial charge in [-0.3, -0.25) is 15.6 Å². The van der Waals surface area contributed by atoms with Gasteiger partial charge in [0.1, 0.15) is 11.8 Å². The Hall–Kier alpha value is -4.11. The number of hydrogen-bond acceptors (Lipinski definition) is 9. The van der Waals surface area contributed by atoms with Crippen LogP contribution in [-0.2, 0) is 33.6 Å². The van der Waals surface area contributed by atoms with Gasteiger partial charge in [-0.05, 0) is 90.8 Å². The lowest BCUT2D eigenvalue weighted by atomic mass is 9.96. The first-order valence-corrected chi connectivity index (χ1v) is 17.7. The number of carbonyl (C=O) groups is 1. The molecule has 2 saturated carbocycles. The normalized spacial score (nSPS) is 22.4. The predicted molar refractivity (Wildman–Crippen MR) is 186 cm³/mol. The van der Waals surface area contributed by atoms with Crippen LogP contribution in [0.2, 0.25) is 5.02 Å². The highest BCUT2D eigenvalue weighted by molar-refractivity contribution is 7.65. The zero-order chi connectivity index (χ0) is 33.7. The lowest BCUT2D eigenvalue weighted by Gasteiger charge is -2.31. The van der Waals surface area contributed by atoms with Gasteiger partial charge in [0, 0.05) is 40.9 Å². The van der Waals surface area contributed by atoms with Crippen molar-refractivity contribution in [1.82, 2.24) is 15.4 Å². The van der Waals surface area contributed by atoms with Crippen molar-refractivity contribution in [3.63, 3.8) is 0 Å². The Kier molecular flexibility index (Phi) is 10.5. The molecule has 2 unspecified atom stereocenters. The molecule has 2 aliphatic carbocycles. The number of rotatable bonds is 12. The van der Waals surface area contributed by atoms with Gasteiger partial charge in [-0.1, -0.05) is 36.7 Å². The van der Waals surface area contributed by atoms with E-state index in [4.69, 9.17) is 26.3 Å². The standard InChI is InChI=1S/C36H39ClN6O4S/c1-23(21-48-45)6-5-8-32(46-2)34-29-16-36(29,34)22-43-20-26-9-11-27(37)14-24(26)7-3-4-13-47-31-12-10-25(15-30(31)43)35(44)42-41-33-19-39-28(17-38)18-40-33/h5,8-12,14-15,18-19,23,29,32,34H,3-4,6-7,13,16,20-22H2,1-2H3,(H-,39,40,41,42,44)/p+1/b8-5+/t23-,29?,32-,34-,36?/m0/s1. The summed E-state index contributed by atoms with van der Waals surface area (Å²) in [5.74, 6) is 2.61. The molecular weight excluding hydrogens is 648 g/mol. The van der Waals surface area contributed by atoms with E-state index in [1.54, 1.807) is 13.2 Å². The number of methoxy groups -OCH3 is 1. The van der Waals surface area contributed by atoms with Gasteiger partial charge in [0.05, 0.1) is 30.8 Å². The van der Waals surface area contributed by atoms with Crippen molar-refractivity contribution >= 4 is 40.7 Å². The largest absolute Gasteiger partial charge is 0.491 e.